The predicted octanol–water partition coefficient (Wildman–Crippen LogP) is 1.30. The number of carbonyl (C=O) groups excluding carboxylic acids is 1. The molecule has 0 aliphatic rings. The lowest BCUT2D eigenvalue weighted by Crippen LogP contribution is -2.29. The molecule has 0 fully saturated rings. The van der Waals surface area contributed by atoms with Crippen molar-refractivity contribution in [1.29, 1.82) is 0 Å². The SMILES string of the molecule is COCC(=O)N(C)c1cccc(C=CCO)c1. The van der Waals surface area contributed by atoms with E-state index in [0.717, 1.165) is 11.3 Å². The number of rotatable bonds is 5. The summed E-state index contributed by atoms with van der Waals surface area (Å²) in [5, 5.41) is 8.70. The van der Waals surface area contributed by atoms with E-state index in [9.17, 15) is 4.79 Å². The summed E-state index contributed by atoms with van der Waals surface area (Å²) in [6.07, 6.45) is 3.45. The van der Waals surface area contributed by atoms with Crippen LogP contribution in [0.15, 0.2) is 30.3 Å². The average molecular weight is 235 g/mol. The normalized spacial score (nSPS) is 10.8. The molecule has 0 saturated carbocycles. The molecular formula is C13H17NO3. The van der Waals surface area contributed by atoms with Crippen LogP contribution in [0.5, 0.6) is 0 Å². The van der Waals surface area contributed by atoms with Crippen LogP contribution in [-0.4, -0.2) is 38.4 Å². The first-order valence-electron chi connectivity index (χ1n) is 5.32. The van der Waals surface area contributed by atoms with E-state index in [-0.39, 0.29) is 19.1 Å². The molecule has 0 radical (unpaired) electrons. The van der Waals surface area contributed by atoms with Gasteiger partial charge in [0.2, 0.25) is 0 Å². The number of benzene rings is 1. The molecule has 0 aliphatic carbocycles. The van der Waals surface area contributed by atoms with Gasteiger partial charge in [-0.1, -0.05) is 24.3 Å². The summed E-state index contributed by atoms with van der Waals surface area (Å²) in [6, 6.07) is 7.50. The maximum Gasteiger partial charge on any atom is 0.252 e. The van der Waals surface area contributed by atoms with E-state index >= 15 is 0 Å². The van der Waals surface area contributed by atoms with Crippen molar-refractivity contribution in [1.82, 2.24) is 0 Å². The molecule has 0 aromatic heterocycles. The zero-order chi connectivity index (χ0) is 12.7. The zero-order valence-electron chi connectivity index (χ0n) is 10.1. The minimum atomic E-state index is -0.101. The van der Waals surface area contributed by atoms with Gasteiger partial charge in [0.25, 0.3) is 5.91 Å². The highest BCUT2D eigenvalue weighted by atomic mass is 16.5. The number of carbonyl (C=O) groups is 1. The topological polar surface area (TPSA) is 49.8 Å². The number of hydrogen-bond acceptors (Lipinski definition) is 3. The Kier molecular flexibility index (Phi) is 5.39. The van der Waals surface area contributed by atoms with Crippen LogP contribution in [0.3, 0.4) is 0 Å². The van der Waals surface area contributed by atoms with E-state index in [2.05, 4.69) is 0 Å². The van der Waals surface area contributed by atoms with Crippen molar-refractivity contribution < 1.29 is 14.6 Å². The van der Waals surface area contributed by atoms with Crippen molar-refractivity contribution in [2.24, 2.45) is 0 Å². The molecule has 0 spiro atoms. The summed E-state index contributed by atoms with van der Waals surface area (Å²) >= 11 is 0. The number of aliphatic hydroxyl groups is 1. The number of likely N-dealkylation sites (N-methyl/N-ethyl adjacent to an activating group) is 1. The first kappa shape index (κ1) is 13.4. The van der Waals surface area contributed by atoms with Crippen LogP contribution in [0.2, 0.25) is 0 Å². The van der Waals surface area contributed by atoms with Crippen molar-refractivity contribution >= 4 is 17.7 Å². The van der Waals surface area contributed by atoms with E-state index < -0.39 is 0 Å². The predicted molar refractivity (Wildman–Crippen MR) is 67.8 cm³/mol. The van der Waals surface area contributed by atoms with Crippen molar-refractivity contribution in [3.63, 3.8) is 0 Å². The zero-order valence-corrected chi connectivity index (χ0v) is 10.1. The molecule has 1 N–H and O–H groups in total. The van der Waals surface area contributed by atoms with Gasteiger partial charge >= 0.3 is 0 Å². The Morgan fingerprint density at radius 2 is 2.29 bits per heavy atom. The van der Waals surface area contributed by atoms with E-state index in [4.69, 9.17) is 9.84 Å². The van der Waals surface area contributed by atoms with Crippen LogP contribution in [0.25, 0.3) is 6.08 Å². The second-order valence-corrected chi connectivity index (χ2v) is 3.57. The Hall–Kier alpha value is -1.65. The summed E-state index contributed by atoms with van der Waals surface area (Å²) < 4.78 is 4.80. The molecule has 4 nitrogen and oxygen atoms in total. The molecule has 1 rings (SSSR count). The van der Waals surface area contributed by atoms with Crippen LogP contribution >= 0.6 is 0 Å². The molecule has 1 aromatic carbocycles. The average Bonchev–Trinajstić information content (AvgIpc) is 2.36. The smallest absolute Gasteiger partial charge is 0.252 e. The second kappa shape index (κ2) is 6.83. The van der Waals surface area contributed by atoms with Crippen molar-refractivity contribution in [2.45, 2.75) is 0 Å². The number of anilines is 1. The number of nitrogens with zero attached hydrogens (tertiary/aromatic N) is 1. The van der Waals surface area contributed by atoms with Crippen LogP contribution in [-0.2, 0) is 9.53 Å². The lowest BCUT2D eigenvalue weighted by molar-refractivity contribution is -0.121. The van der Waals surface area contributed by atoms with Gasteiger partial charge in [0.05, 0.1) is 6.61 Å². The third-order valence-electron chi connectivity index (χ3n) is 2.32. The minimum absolute atomic E-state index is 0.00265. The number of methoxy groups -OCH3 is 1. The highest BCUT2D eigenvalue weighted by Crippen LogP contribution is 2.16. The minimum Gasteiger partial charge on any atom is -0.392 e. The Labute approximate surface area is 101 Å². The molecule has 0 bridgehead atoms. The van der Waals surface area contributed by atoms with Gasteiger partial charge in [-0.15, -0.1) is 0 Å². The molecule has 1 amide bonds. The maximum atomic E-state index is 11.6. The molecular weight excluding hydrogens is 218 g/mol. The van der Waals surface area contributed by atoms with Gasteiger partial charge in [0.15, 0.2) is 0 Å². The highest BCUT2D eigenvalue weighted by molar-refractivity contribution is 5.94. The fourth-order valence-corrected chi connectivity index (χ4v) is 1.39. The summed E-state index contributed by atoms with van der Waals surface area (Å²) in [4.78, 5) is 13.2. The van der Waals surface area contributed by atoms with Crippen LogP contribution < -0.4 is 4.90 Å². The van der Waals surface area contributed by atoms with Gasteiger partial charge in [-0.25, -0.2) is 0 Å². The third-order valence-corrected chi connectivity index (χ3v) is 2.32. The number of ether oxygens (including phenoxy) is 1. The lowest BCUT2D eigenvalue weighted by Gasteiger charge is -2.17. The molecule has 0 saturated heterocycles. The Morgan fingerprint density at radius 3 is 2.94 bits per heavy atom. The van der Waals surface area contributed by atoms with Gasteiger partial charge in [-0.3, -0.25) is 4.79 Å². The fourth-order valence-electron chi connectivity index (χ4n) is 1.39. The van der Waals surface area contributed by atoms with Gasteiger partial charge in [0, 0.05) is 19.8 Å². The molecule has 0 atom stereocenters. The van der Waals surface area contributed by atoms with Gasteiger partial charge < -0.3 is 14.7 Å². The summed E-state index contributed by atoms with van der Waals surface area (Å²) in [5.74, 6) is -0.101. The molecule has 0 unspecified atom stereocenters. The molecule has 0 heterocycles. The van der Waals surface area contributed by atoms with Crippen LogP contribution in [0, 0.1) is 0 Å². The summed E-state index contributed by atoms with van der Waals surface area (Å²) in [7, 11) is 3.20. The molecule has 1 aromatic rings. The Bertz CT molecular complexity index is 401. The fraction of sp³-hybridized carbons (Fsp3) is 0.308. The van der Waals surface area contributed by atoms with E-state index in [1.54, 1.807) is 24.1 Å². The molecule has 17 heavy (non-hydrogen) atoms. The summed E-state index contributed by atoms with van der Waals surface area (Å²) in [6.45, 7) is 0.0654. The van der Waals surface area contributed by atoms with Crippen molar-refractivity contribution in [2.75, 3.05) is 32.3 Å². The number of hydrogen-bond donors (Lipinski definition) is 1. The third kappa shape index (κ3) is 4.01. The molecule has 4 heteroatoms. The van der Waals surface area contributed by atoms with Gasteiger partial charge in [-0.2, -0.15) is 0 Å². The van der Waals surface area contributed by atoms with E-state index in [1.807, 2.05) is 24.3 Å². The van der Waals surface area contributed by atoms with Crippen molar-refractivity contribution in [3.05, 3.63) is 35.9 Å². The first-order valence-corrected chi connectivity index (χ1v) is 5.32. The molecule has 92 valence electrons. The Morgan fingerprint density at radius 1 is 1.53 bits per heavy atom. The van der Waals surface area contributed by atoms with E-state index in [0.29, 0.717) is 0 Å². The quantitative estimate of drug-likeness (QED) is 0.837. The van der Waals surface area contributed by atoms with Gasteiger partial charge in [0.1, 0.15) is 6.61 Å². The Balaban J connectivity index is 2.83. The van der Waals surface area contributed by atoms with Crippen LogP contribution in [0.1, 0.15) is 5.56 Å². The van der Waals surface area contributed by atoms with Crippen LogP contribution in [0.4, 0.5) is 5.69 Å². The standard InChI is InChI=1S/C13H17NO3/c1-14(13(16)10-17-2)12-7-3-5-11(9-12)6-4-8-15/h3-7,9,15H,8,10H2,1-2H3. The molecule has 0 aliphatic heterocycles. The first-order chi connectivity index (χ1) is 8.19. The largest absolute Gasteiger partial charge is 0.392 e. The number of aliphatic hydroxyl groups excluding tert-OH is 1. The van der Waals surface area contributed by atoms with Gasteiger partial charge in [-0.05, 0) is 17.7 Å². The van der Waals surface area contributed by atoms with Crippen molar-refractivity contribution in [3.8, 4) is 0 Å². The summed E-state index contributed by atoms with van der Waals surface area (Å²) in [5.41, 5.74) is 1.74. The second-order valence-electron chi connectivity index (χ2n) is 3.57. The van der Waals surface area contributed by atoms with E-state index in [1.165, 1.54) is 7.11 Å². The number of amides is 1. The monoisotopic (exact) mass is 235 g/mol. The maximum absolute atomic E-state index is 11.6. The lowest BCUT2D eigenvalue weighted by atomic mass is 10.2. The highest BCUT2D eigenvalue weighted by Gasteiger charge is 2.09.